The predicted octanol–water partition coefficient (Wildman–Crippen LogP) is 0.250. The number of hydrogen-bond donors (Lipinski definition) is 2. The number of nitrogens with two attached hydrogens (primary N) is 1. The van der Waals surface area contributed by atoms with Crippen LogP contribution in [0.4, 0.5) is 0 Å². The lowest BCUT2D eigenvalue weighted by atomic mass is 9.90. The zero-order valence-corrected chi connectivity index (χ0v) is 10.8. The van der Waals surface area contributed by atoms with Gasteiger partial charge in [-0.1, -0.05) is 30.3 Å². The molecule has 100 valence electrons. The summed E-state index contributed by atoms with van der Waals surface area (Å²) in [5, 5.41) is 2.97. The second kappa shape index (κ2) is 7.10. The van der Waals surface area contributed by atoms with E-state index in [9.17, 15) is 4.79 Å². The third-order valence-electron chi connectivity index (χ3n) is 2.86. The summed E-state index contributed by atoms with van der Waals surface area (Å²) in [6.07, 6.45) is 0. The minimum Gasteiger partial charge on any atom is -0.382 e. The minimum atomic E-state index is -1.00. The molecule has 0 fully saturated rings. The van der Waals surface area contributed by atoms with Crippen molar-refractivity contribution < 1.29 is 14.3 Å². The van der Waals surface area contributed by atoms with Gasteiger partial charge in [-0.15, -0.1) is 0 Å². The molecule has 5 heteroatoms. The normalized spacial score (nSPS) is 14.1. The Morgan fingerprint density at radius 3 is 2.50 bits per heavy atom. The van der Waals surface area contributed by atoms with Gasteiger partial charge in [0.1, 0.15) is 5.54 Å². The van der Waals surface area contributed by atoms with Crippen LogP contribution in [0.5, 0.6) is 0 Å². The molecule has 0 radical (unpaired) electrons. The van der Waals surface area contributed by atoms with Crippen LogP contribution >= 0.6 is 0 Å². The Balaban J connectivity index is 2.85. The molecule has 1 rings (SSSR count). The highest BCUT2D eigenvalue weighted by Crippen LogP contribution is 2.20. The number of hydrogen-bond acceptors (Lipinski definition) is 4. The van der Waals surface area contributed by atoms with Crippen molar-refractivity contribution in [1.29, 1.82) is 0 Å². The van der Waals surface area contributed by atoms with Gasteiger partial charge in [-0.25, -0.2) is 0 Å². The molecule has 5 nitrogen and oxygen atoms in total. The molecule has 0 heterocycles. The van der Waals surface area contributed by atoms with Crippen molar-refractivity contribution in [3.05, 3.63) is 35.9 Å². The van der Waals surface area contributed by atoms with Crippen LogP contribution in [0.3, 0.4) is 0 Å². The van der Waals surface area contributed by atoms with Gasteiger partial charge in [-0.2, -0.15) is 0 Å². The molecule has 1 aromatic rings. The molecule has 0 aromatic heterocycles. The van der Waals surface area contributed by atoms with Gasteiger partial charge >= 0.3 is 0 Å². The van der Waals surface area contributed by atoms with Gasteiger partial charge in [0.15, 0.2) is 0 Å². The topological polar surface area (TPSA) is 73.6 Å². The maximum Gasteiger partial charge on any atom is 0.244 e. The molecule has 3 N–H and O–H groups in total. The molecule has 0 bridgehead atoms. The average molecular weight is 252 g/mol. The van der Waals surface area contributed by atoms with Crippen LogP contribution in [0.1, 0.15) is 5.56 Å². The van der Waals surface area contributed by atoms with Crippen molar-refractivity contribution in [2.24, 2.45) is 5.73 Å². The molecule has 0 aliphatic heterocycles. The van der Waals surface area contributed by atoms with E-state index in [0.29, 0.717) is 13.2 Å². The Morgan fingerprint density at radius 2 is 2.00 bits per heavy atom. The van der Waals surface area contributed by atoms with Gasteiger partial charge in [-0.05, 0) is 12.6 Å². The molecule has 18 heavy (non-hydrogen) atoms. The largest absolute Gasteiger partial charge is 0.382 e. The summed E-state index contributed by atoms with van der Waals surface area (Å²) < 4.78 is 10.4. The van der Waals surface area contributed by atoms with E-state index in [-0.39, 0.29) is 6.61 Å². The fourth-order valence-corrected chi connectivity index (χ4v) is 1.73. The molecule has 1 atom stereocenters. The zero-order valence-electron chi connectivity index (χ0n) is 10.8. The van der Waals surface area contributed by atoms with E-state index in [0.717, 1.165) is 5.56 Å². The third kappa shape index (κ3) is 3.29. The highest BCUT2D eigenvalue weighted by atomic mass is 16.5. The molecular weight excluding hydrogens is 232 g/mol. The molecule has 1 amide bonds. The van der Waals surface area contributed by atoms with Crippen LogP contribution in [0.25, 0.3) is 0 Å². The summed E-state index contributed by atoms with van der Waals surface area (Å²) in [5.41, 5.74) is 5.30. The van der Waals surface area contributed by atoms with Gasteiger partial charge in [0, 0.05) is 7.11 Å². The first kappa shape index (κ1) is 14.6. The molecule has 1 unspecified atom stereocenters. The van der Waals surface area contributed by atoms with Gasteiger partial charge in [0.05, 0.1) is 19.8 Å². The first-order valence-corrected chi connectivity index (χ1v) is 5.78. The summed E-state index contributed by atoms with van der Waals surface area (Å²) >= 11 is 0. The number of ether oxygens (including phenoxy) is 2. The Labute approximate surface area is 107 Å². The number of primary amides is 1. The summed E-state index contributed by atoms with van der Waals surface area (Å²) in [6, 6.07) is 9.30. The van der Waals surface area contributed by atoms with Crippen LogP contribution in [0, 0.1) is 0 Å². The van der Waals surface area contributed by atoms with Crippen LogP contribution in [-0.2, 0) is 19.8 Å². The van der Waals surface area contributed by atoms with E-state index in [1.807, 2.05) is 30.3 Å². The Hall–Kier alpha value is -1.43. The first-order valence-electron chi connectivity index (χ1n) is 5.78. The number of carbonyl (C=O) groups is 1. The van der Waals surface area contributed by atoms with Crippen molar-refractivity contribution in [3.63, 3.8) is 0 Å². The molecule has 0 saturated carbocycles. The Kier molecular flexibility index (Phi) is 5.77. The number of benzene rings is 1. The summed E-state index contributed by atoms with van der Waals surface area (Å²) in [7, 11) is 3.29. The average Bonchev–Trinajstić information content (AvgIpc) is 2.40. The fourth-order valence-electron chi connectivity index (χ4n) is 1.73. The van der Waals surface area contributed by atoms with E-state index in [4.69, 9.17) is 15.2 Å². The molecule has 0 spiro atoms. The van der Waals surface area contributed by atoms with E-state index >= 15 is 0 Å². The van der Waals surface area contributed by atoms with Crippen LogP contribution in [0.2, 0.25) is 0 Å². The summed E-state index contributed by atoms with van der Waals surface area (Å²) in [6.45, 7) is 1.07. The van der Waals surface area contributed by atoms with E-state index in [2.05, 4.69) is 5.32 Å². The van der Waals surface area contributed by atoms with Crippen molar-refractivity contribution in [2.45, 2.75) is 5.54 Å². The molecule has 0 saturated heterocycles. The maximum atomic E-state index is 11.8. The van der Waals surface area contributed by atoms with Crippen LogP contribution in [0.15, 0.2) is 30.3 Å². The van der Waals surface area contributed by atoms with Crippen LogP contribution < -0.4 is 11.1 Å². The van der Waals surface area contributed by atoms with E-state index < -0.39 is 11.4 Å². The van der Waals surface area contributed by atoms with Gasteiger partial charge in [0.25, 0.3) is 0 Å². The molecule has 1 aromatic carbocycles. The monoisotopic (exact) mass is 252 g/mol. The van der Waals surface area contributed by atoms with Crippen molar-refractivity contribution in [1.82, 2.24) is 5.32 Å². The number of amides is 1. The minimum absolute atomic E-state index is 0.173. The summed E-state index contributed by atoms with van der Waals surface area (Å²) in [5.74, 6) is -0.464. The standard InChI is InChI=1S/C13H20N2O3/c1-15-13(12(14)16,10-18-9-8-17-2)11-6-4-3-5-7-11/h3-7,15H,8-10H2,1-2H3,(H2,14,16). The smallest absolute Gasteiger partial charge is 0.244 e. The SMILES string of the molecule is CNC(COCCOC)(C(N)=O)c1ccccc1. The van der Waals surface area contributed by atoms with Crippen LogP contribution in [-0.4, -0.2) is 39.9 Å². The number of likely N-dealkylation sites (N-methyl/N-ethyl adjacent to an activating group) is 1. The van der Waals surface area contributed by atoms with Crippen molar-refractivity contribution >= 4 is 5.91 Å². The number of rotatable bonds is 8. The van der Waals surface area contributed by atoms with E-state index in [1.54, 1.807) is 14.2 Å². The second-order valence-electron chi connectivity index (χ2n) is 3.93. The van der Waals surface area contributed by atoms with Gasteiger partial charge < -0.3 is 20.5 Å². The molecule has 0 aliphatic rings. The van der Waals surface area contributed by atoms with Gasteiger partial charge in [-0.3, -0.25) is 4.79 Å². The van der Waals surface area contributed by atoms with Gasteiger partial charge in [0.2, 0.25) is 5.91 Å². The zero-order chi connectivity index (χ0) is 13.4. The molecular formula is C13H20N2O3. The number of nitrogens with one attached hydrogen (secondary N) is 1. The quantitative estimate of drug-likeness (QED) is 0.650. The predicted molar refractivity (Wildman–Crippen MR) is 69.1 cm³/mol. The lowest BCUT2D eigenvalue weighted by Crippen LogP contribution is -2.54. The van der Waals surface area contributed by atoms with Crippen molar-refractivity contribution in [3.8, 4) is 0 Å². The highest BCUT2D eigenvalue weighted by molar-refractivity contribution is 5.86. The Bertz CT molecular complexity index is 370. The lowest BCUT2D eigenvalue weighted by Gasteiger charge is -2.30. The summed E-state index contributed by atoms with van der Waals surface area (Å²) in [4.78, 5) is 11.8. The maximum absolute atomic E-state index is 11.8. The second-order valence-corrected chi connectivity index (χ2v) is 3.93. The van der Waals surface area contributed by atoms with Crippen molar-refractivity contribution in [2.75, 3.05) is 34.0 Å². The lowest BCUT2D eigenvalue weighted by molar-refractivity contribution is -0.127. The Morgan fingerprint density at radius 1 is 1.33 bits per heavy atom. The number of methoxy groups -OCH3 is 1. The van der Waals surface area contributed by atoms with E-state index in [1.165, 1.54) is 0 Å². The molecule has 0 aliphatic carbocycles. The number of carbonyl (C=O) groups excluding carboxylic acids is 1. The fraction of sp³-hybridized carbons (Fsp3) is 0.462. The third-order valence-corrected chi connectivity index (χ3v) is 2.86. The first-order chi connectivity index (χ1) is 8.67. The highest BCUT2D eigenvalue weighted by Gasteiger charge is 2.37.